The highest BCUT2D eigenvalue weighted by Crippen LogP contribution is 2.24. The molecule has 0 bridgehead atoms. The molecule has 0 aromatic carbocycles. The molecule has 1 N–H and O–H groups in total. The number of aromatic nitrogens is 2. The van der Waals surface area contributed by atoms with Crippen LogP contribution in [0.3, 0.4) is 0 Å². The Kier molecular flexibility index (Phi) is 4.35. The highest BCUT2D eigenvalue weighted by molar-refractivity contribution is 6.31. The predicted octanol–water partition coefficient (Wildman–Crippen LogP) is 2.29. The van der Waals surface area contributed by atoms with Crippen molar-refractivity contribution in [3.63, 3.8) is 0 Å². The van der Waals surface area contributed by atoms with Crippen LogP contribution in [0.15, 0.2) is 0 Å². The Morgan fingerprint density at radius 2 is 2.25 bits per heavy atom. The van der Waals surface area contributed by atoms with Crippen LogP contribution in [-0.4, -0.2) is 20.9 Å². The lowest BCUT2D eigenvalue weighted by Gasteiger charge is -2.09. The third-order valence-corrected chi connectivity index (χ3v) is 3.00. The van der Waals surface area contributed by atoms with Crippen LogP contribution in [0.4, 0.5) is 0 Å². The maximum Gasteiger partial charge on any atom is 0.303 e. The quantitative estimate of drug-likeness (QED) is 0.865. The number of aryl methyl sites for hydroxylation is 2. The first-order chi connectivity index (χ1) is 7.45. The summed E-state index contributed by atoms with van der Waals surface area (Å²) in [6.45, 7) is 3.90. The number of carboxylic acid groups (broad SMARTS) is 1. The molecule has 1 aromatic heterocycles. The monoisotopic (exact) mass is 244 g/mol. The number of hydrogen-bond donors (Lipinski definition) is 1. The van der Waals surface area contributed by atoms with Gasteiger partial charge in [0.05, 0.1) is 16.4 Å². The maximum absolute atomic E-state index is 10.6. The Labute approximate surface area is 100 Å². The number of nitrogens with zero attached hydrogens (tertiary/aromatic N) is 2. The lowest BCUT2D eigenvalue weighted by atomic mass is 10.0. The first-order valence-corrected chi connectivity index (χ1v) is 5.75. The minimum Gasteiger partial charge on any atom is -0.481 e. The molecule has 1 rings (SSSR count). The van der Waals surface area contributed by atoms with Crippen LogP contribution in [0.25, 0.3) is 0 Å². The molecule has 5 heteroatoms. The molecule has 16 heavy (non-hydrogen) atoms. The van der Waals surface area contributed by atoms with E-state index in [1.54, 1.807) is 4.68 Å². The van der Waals surface area contributed by atoms with Crippen LogP contribution in [0, 0.1) is 5.92 Å². The number of rotatable bonds is 5. The molecule has 0 aliphatic heterocycles. The number of aliphatic carboxylic acids is 1. The van der Waals surface area contributed by atoms with Crippen LogP contribution >= 0.6 is 11.6 Å². The van der Waals surface area contributed by atoms with Gasteiger partial charge in [0.1, 0.15) is 0 Å². The van der Waals surface area contributed by atoms with E-state index in [0.29, 0.717) is 11.4 Å². The highest BCUT2D eigenvalue weighted by Gasteiger charge is 2.17. The summed E-state index contributed by atoms with van der Waals surface area (Å²) < 4.78 is 1.75. The van der Waals surface area contributed by atoms with Crippen molar-refractivity contribution in [2.45, 2.75) is 33.1 Å². The number of carboxylic acids is 1. The first kappa shape index (κ1) is 13.0. The topological polar surface area (TPSA) is 55.1 Å². The van der Waals surface area contributed by atoms with Crippen molar-refractivity contribution >= 4 is 17.6 Å². The van der Waals surface area contributed by atoms with E-state index in [-0.39, 0.29) is 12.3 Å². The molecule has 0 saturated carbocycles. The molecule has 0 fully saturated rings. The smallest absolute Gasteiger partial charge is 0.303 e. The standard InChI is InChI=1S/C11H17ClN2O2/c1-4-8-11(12)9(14(3)13-8)5-7(2)6-10(15)16/h7H,4-6H2,1-3H3,(H,15,16). The third-order valence-electron chi connectivity index (χ3n) is 2.57. The van der Waals surface area contributed by atoms with Crippen molar-refractivity contribution in [1.82, 2.24) is 9.78 Å². The number of halogens is 1. The lowest BCUT2D eigenvalue weighted by molar-refractivity contribution is -0.137. The molecule has 1 heterocycles. The van der Waals surface area contributed by atoms with E-state index < -0.39 is 5.97 Å². The molecule has 0 saturated heterocycles. The molecular formula is C11H17ClN2O2. The Bertz CT molecular complexity index is 388. The van der Waals surface area contributed by atoms with E-state index in [4.69, 9.17) is 16.7 Å². The molecule has 1 unspecified atom stereocenters. The molecule has 0 aliphatic carbocycles. The molecular weight excluding hydrogens is 228 g/mol. The van der Waals surface area contributed by atoms with E-state index in [1.165, 1.54) is 0 Å². The van der Waals surface area contributed by atoms with Crippen LogP contribution in [0.5, 0.6) is 0 Å². The van der Waals surface area contributed by atoms with Crippen molar-refractivity contribution in [3.8, 4) is 0 Å². The van der Waals surface area contributed by atoms with E-state index in [1.807, 2.05) is 20.9 Å². The molecule has 4 nitrogen and oxygen atoms in total. The van der Waals surface area contributed by atoms with Gasteiger partial charge in [0.2, 0.25) is 0 Å². The molecule has 0 aliphatic rings. The third kappa shape index (κ3) is 2.98. The predicted molar refractivity (Wildman–Crippen MR) is 62.7 cm³/mol. The Morgan fingerprint density at radius 1 is 1.62 bits per heavy atom. The van der Waals surface area contributed by atoms with Crippen molar-refractivity contribution in [1.29, 1.82) is 0 Å². The SMILES string of the molecule is CCc1nn(C)c(CC(C)CC(=O)O)c1Cl. The van der Waals surface area contributed by atoms with Gasteiger partial charge >= 0.3 is 5.97 Å². The Balaban J connectivity index is 2.80. The van der Waals surface area contributed by atoms with Gasteiger partial charge in [-0.25, -0.2) is 0 Å². The lowest BCUT2D eigenvalue weighted by Crippen LogP contribution is -2.10. The van der Waals surface area contributed by atoms with E-state index in [2.05, 4.69) is 5.10 Å². The van der Waals surface area contributed by atoms with Gasteiger partial charge in [-0.05, 0) is 18.8 Å². The van der Waals surface area contributed by atoms with Gasteiger partial charge in [-0.1, -0.05) is 25.4 Å². The Morgan fingerprint density at radius 3 is 2.69 bits per heavy atom. The summed E-state index contributed by atoms with van der Waals surface area (Å²) in [5.41, 5.74) is 1.80. The highest BCUT2D eigenvalue weighted by atomic mass is 35.5. The van der Waals surface area contributed by atoms with Gasteiger partial charge in [0.25, 0.3) is 0 Å². The second-order valence-electron chi connectivity index (χ2n) is 4.09. The maximum atomic E-state index is 10.6. The van der Waals surface area contributed by atoms with Gasteiger partial charge in [0, 0.05) is 13.5 Å². The second-order valence-corrected chi connectivity index (χ2v) is 4.47. The van der Waals surface area contributed by atoms with Crippen LogP contribution in [-0.2, 0) is 24.7 Å². The fraction of sp³-hybridized carbons (Fsp3) is 0.636. The zero-order valence-corrected chi connectivity index (χ0v) is 10.6. The van der Waals surface area contributed by atoms with Crippen LogP contribution < -0.4 is 0 Å². The molecule has 0 amide bonds. The Hall–Kier alpha value is -1.03. The normalized spacial score (nSPS) is 12.8. The molecule has 1 atom stereocenters. The van der Waals surface area contributed by atoms with E-state index in [0.717, 1.165) is 17.8 Å². The summed E-state index contributed by atoms with van der Waals surface area (Å²) in [7, 11) is 1.84. The minimum atomic E-state index is -0.776. The van der Waals surface area contributed by atoms with Crippen molar-refractivity contribution in [3.05, 3.63) is 16.4 Å². The number of hydrogen-bond acceptors (Lipinski definition) is 2. The van der Waals surface area contributed by atoms with Crippen molar-refractivity contribution < 1.29 is 9.90 Å². The minimum absolute atomic E-state index is 0.0649. The van der Waals surface area contributed by atoms with Gasteiger partial charge < -0.3 is 5.11 Å². The van der Waals surface area contributed by atoms with Crippen molar-refractivity contribution in [2.24, 2.45) is 13.0 Å². The van der Waals surface area contributed by atoms with Crippen molar-refractivity contribution in [2.75, 3.05) is 0 Å². The van der Waals surface area contributed by atoms with Gasteiger partial charge in [-0.2, -0.15) is 5.10 Å². The summed E-state index contributed by atoms with van der Waals surface area (Å²) in [5, 5.41) is 13.7. The molecule has 0 radical (unpaired) electrons. The van der Waals surface area contributed by atoms with Gasteiger partial charge in [0.15, 0.2) is 0 Å². The largest absolute Gasteiger partial charge is 0.481 e. The number of carbonyl (C=O) groups is 1. The average Bonchev–Trinajstić information content (AvgIpc) is 2.44. The molecule has 90 valence electrons. The fourth-order valence-corrected chi connectivity index (χ4v) is 2.11. The van der Waals surface area contributed by atoms with Crippen LogP contribution in [0.2, 0.25) is 5.02 Å². The zero-order valence-electron chi connectivity index (χ0n) is 9.83. The molecule has 0 spiro atoms. The van der Waals surface area contributed by atoms with Gasteiger partial charge in [-0.15, -0.1) is 0 Å². The summed E-state index contributed by atoms with van der Waals surface area (Å²) in [6, 6.07) is 0. The second kappa shape index (κ2) is 5.34. The summed E-state index contributed by atoms with van der Waals surface area (Å²) in [4.78, 5) is 10.6. The van der Waals surface area contributed by atoms with Crippen LogP contribution in [0.1, 0.15) is 31.7 Å². The average molecular weight is 245 g/mol. The molecule has 1 aromatic rings. The summed E-state index contributed by atoms with van der Waals surface area (Å²) >= 11 is 6.18. The van der Waals surface area contributed by atoms with E-state index in [9.17, 15) is 4.79 Å². The fourth-order valence-electron chi connectivity index (χ4n) is 1.74. The summed E-state index contributed by atoms with van der Waals surface area (Å²) in [6.07, 6.45) is 1.59. The van der Waals surface area contributed by atoms with Gasteiger partial charge in [-0.3, -0.25) is 9.48 Å². The summed E-state index contributed by atoms with van der Waals surface area (Å²) in [5.74, 6) is -0.711. The zero-order chi connectivity index (χ0) is 12.3. The van der Waals surface area contributed by atoms with E-state index >= 15 is 0 Å². The first-order valence-electron chi connectivity index (χ1n) is 5.37.